The van der Waals surface area contributed by atoms with Gasteiger partial charge < -0.3 is 9.47 Å². The van der Waals surface area contributed by atoms with Gasteiger partial charge in [-0.3, -0.25) is 4.79 Å². The fraction of sp³-hybridized carbons (Fsp3) is 0.417. The van der Waals surface area contributed by atoms with Crippen LogP contribution >= 0.6 is 0 Å². The van der Waals surface area contributed by atoms with Crippen molar-refractivity contribution in [2.75, 3.05) is 13.2 Å². The molecule has 4 heteroatoms. The second-order valence-electron chi connectivity index (χ2n) is 7.08. The average Bonchev–Trinajstić information content (AvgIpc) is 2.73. The molecule has 1 aromatic carbocycles. The van der Waals surface area contributed by atoms with E-state index < -0.39 is 0 Å². The molecule has 0 N–H and O–H groups in total. The molecule has 2 aromatic rings. The highest BCUT2D eigenvalue weighted by molar-refractivity contribution is 5.72. The van der Waals surface area contributed by atoms with E-state index in [2.05, 4.69) is 36.7 Å². The Morgan fingerprint density at radius 3 is 2.68 bits per heavy atom. The minimum atomic E-state index is -0.241. The molecule has 0 amide bonds. The van der Waals surface area contributed by atoms with E-state index in [-0.39, 0.29) is 17.8 Å². The third kappa shape index (κ3) is 4.36. The van der Waals surface area contributed by atoms with Gasteiger partial charge in [0.15, 0.2) is 0 Å². The summed E-state index contributed by atoms with van der Waals surface area (Å²) in [4.78, 5) is 15.9. The number of pyridine rings is 1. The summed E-state index contributed by atoms with van der Waals surface area (Å²) in [6.45, 7) is 7.46. The molecule has 0 atom stereocenters. The molecular formula is C24H27NO3. The number of rotatable bonds is 5. The summed E-state index contributed by atoms with van der Waals surface area (Å²) in [5.74, 6) is 7.08. The van der Waals surface area contributed by atoms with Crippen molar-refractivity contribution in [3.63, 3.8) is 0 Å². The Labute approximate surface area is 167 Å². The number of ether oxygens (including phenoxy) is 2. The maximum absolute atomic E-state index is 11.5. The summed E-state index contributed by atoms with van der Waals surface area (Å²) in [6, 6.07) is 9.92. The van der Waals surface area contributed by atoms with Crippen molar-refractivity contribution in [3.05, 3.63) is 58.9 Å². The largest absolute Gasteiger partial charge is 0.493 e. The van der Waals surface area contributed by atoms with Crippen molar-refractivity contribution in [1.29, 1.82) is 0 Å². The summed E-state index contributed by atoms with van der Waals surface area (Å²) in [6.07, 6.45) is 5.16. The molecule has 1 aliphatic heterocycles. The third-order valence-electron chi connectivity index (χ3n) is 5.56. The van der Waals surface area contributed by atoms with Gasteiger partial charge in [0.2, 0.25) is 0 Å². The van der Waals surface area contributed by atoms with E-state index in [1.807, 2.05) is 24.3 Å². The maximum Gasteiger partial charge on any atom is 0.310 e. The van der Waals surface area contributed by atoms with Crippen molar-refractivity contribution >= 4 is 5.97 Å². The molecule has 1 aliphatic rings. The van der Waals surface area contributed by atoms with Crippen LogP contribution in [-0.4, -0.2) is 24.2 Å². The molecule has 3 rings (SSSR count). The van der Waals surface area contributed by atoms with Crippen LogP contribution in [0.1, 0.15) is 62.4 Å². The number of carbonyl (C=O) groups excluding carboxylic acids is 1. The lowest BCUT2D eigenvalue weighted by Crippen LogP contribution is -2.31. The highest BCUT2D eigenvalue weighted by Crippen LogP contribution is 2.43. The summed E-state index contributed by atoms with van der Waals surface area (Å²) in [7, 11) is 0. The molecule has 0 bridgehead atoms. The van der Waals surface area contributed by atoms with Gasteiger partial charge in [0.05, 0.1) is 19.6 Å². The average molecular weight is 377 g/mol. The number of carbonyl (C=O) groups is 1. The fourth-order valence-corrected chi connectivity index (χ4v) is 3.74. The van der Waals surface area contributed by atoms with Crippen LogP contribution in [0.2, 0.25) is 0 Å². The molecular weight excluding hydrogens is 350 g/mol. The zero-order valence-electron chi connectivity index (χ0n) is 16.9. The van der Waals surface area contributed by atoms with Crippen LogP contribution in [0.5, 0.6) is 5.75 Å². The van der Waals surface area contributed by atoms with Crippen molar-refractivity contribution in [3.8, 4) is 17.6 Å². The molecule has 0 spiro atoms. The quantitative estimate of drug-likeness (QED) is 0.571. The van der Waals surface area contributed by atoms with Gasteiger partial charge in [-0.2, -0.15) is 0 Å². The molecule has 2 heterocycles. The van der Waals surface area contributed by atoms with E-state index in [0.29, 0.717) is 12.3 Å². The first kappa shape index (κ1) is 19.9. The van der Waals surface area contributed by atoms with E-state index in [9.17, 15) is 4.79 Å². The normalized spacial score (nSPS) is 14.2. The number of nitrogens with zero attached hydrogens (tertiary/aromatic N) is 1. The van der Waals surface area contributed by atoms with Gasteiger partial charge in [-0.15, -0.1) is 0 Å². The first-order valence-electron chi connectivity index (χ1n) is 10.00. The van der Waals surface area contributed by atoms with Gasteiger partial charge in [-0.1, -0.05) is 25.8 Å². The number of esters is 1. The maximum atomic E-state index is 11.5. The molecule has 146 valence electrons. The van der Waals surface area contributed by atoms with Crippen molar-refractivity contribution in [2.24, 2.45) is 0 Å². The molecule has 28 heavy (non-hydrogen) atoms. The van der Waals surface area contributed by atoms with E-state index in [4.69, 9.17) is 9.47 Å². The first-order chi connectivity index (χ1) is 13.6. The van der Waals surface area contributed by atoms with Gasteiger partial charge in [0.1, 0.15) is 11.4 Å². The summed E-state index contributed by atoms with van der Waals surface area (Å²) >= 11 is 0. The van der Waals surface area contributed by atoms with E-state index >= 15 is 0 Å². The predicted octanol–water partition coefficient (Wildman–Crippen LogP) is 4.43. The second-order valence-corrected chi connectivity index (χ2v) is 7.08. The van der Waals surface area contributed by atoms with Crippen LogP contribution in [0.15, 0.2) is 36.5 Å². The van der Waals surface area contributed by atoms with E-state index in [1.54, 1.807) is 13.1 Å². The number of benzene rings is 1. The summed E-state index contributed by atoms with van der Waals surface area (Å²) < 4.78 is 10.8. The topological polar surface area (TPSA) is 48.4 Å². The number of fused-ring (bicyclic) bond motifs is 1. The van der Waals surface area contributed by atoms with Crippen LogP contribution in [-0.2, 0) is 21.4 Å². The molecule has 1 aromatic heterocycles. The molecule has 0 aliphatic carbocycles. The lowest BCUT2D eigenvalue weighted by atomic mass is 9.71. The Bertz CT molecular complexity index is 886. The van der Waals surface area contributed by atoms with Crippen LogP contribution in [0.3, 0.4) is 0 Å². The lowest BCUT2D eigenvalue weighted by Gasteiger charge is -2.37. The van der Waals surface area contributed by atoms with Gasteiger partial charge in [0, 0.05) is 22.7 Å². The molecule has 0 saturated carbocycles. The zero-order valence-corrected chi connectivity index (χ0v) is 16.9. The third-order valence-corrected chi connectivity index (χ3v) is 5.56. The van der Waals surface area contributed by atoms with Gasteiger partial charge >= 0.3 is 5.97 Å². The van der Waals surface area contributed by atoms with Crippen molar-refractivity contribution in [1.82, 2.24) is 4.98 Å². The lowest BCUT2D eigenvalue weighted by molar-refractivity contribution is -0.142. The van der Waals surface area contributed by atoms with Gasteiger partial charge in [0.25, 0.3) is 0 Å². The Hall–Kier alpha value is -2.80. The second kappa shape index (κ2) is 8.93. The van der Waals surface area contributed by atoms with Crippen LogP contribution in [0.4, 0.5) is 0 Å². The van der Waals surface area contributed by atoms with E-state index in [0.717, 1.165) is 42.7 Å². The number of hydrogen-bond donors (Lipinski definition) is 0. The Morgan fingerprint density at radius 1 is 1.18 bits per heavy atom. The monoisotopic (exact) mass is 377 g/mol. The van der Waals surface area contributed by atoms with Gasteiger partial charge in [-0.25, -0.2) is 4.98 Å². The Kier molecular flexibility index (Phi) is 6.36. The predicted molar refractivity (Wildman–Crippen MR) is 109 cm³/mol. The molecule has 4 nitrogen and oxygen atoms in total. The molecule has 0 unspecified atom stereocenters. The smallest absolute Gasteiger partial charge is 0.310 e. The molecule has 0 radical (unpaired) electrons. The standard InChI is InChI=1S/C24H27NO3/c1-4-24(5-2)13-14-28-22-12-9-18(15-21(22)24)7-10-20-11-8-19(17-25-20)16-23(26)27-6-3/h8-9,11-12,15,17H,4-6,13-14,16H2,1-3H3. The fourth-order valence-electron chi connectivity index (χ4n) is 3.74. The Balaban J connectivity index is 1.78. The number of hydrogen-bond acceptors (Lipinski definition) is 4. The minimum Gasteiger partial charge on any atom is -0.493 e. The van der Waals surface area contributed by atoms with Crippen LogP contribution < -0.4 is 4.74 Å². The van der Waals surface area contributed by atoms with Crippen LogP contribution in [0, 0.1) is 11.8 Å². The minimum absolute atomic E-state index is 0.179. The highest BCUT2D eigenvalue weighted by atomic mass is 16.5. The van der Waals surface area contributed by atoms with Crippen molar-refractivity contribution < 1.29 is 14.3 Å². The van der Waals surface area contributed by atoms with E-state index in [1.165, 1.54) is 5.56 Å². The molecule has 0 fully saturated rings. The Morgan fingerprint density at radius 2 is 2.00 bits per heavy atom. The summed E-state index contributed by atoms with van der Waals surface area (Å²) in [5.41, 5.74) is 3.92. The van der Waals surface area contributed by atoms with Gasteiger partial charge in [-0.05, 0) is 61.9 Å². The van der Waals surface area contributed by atoms with Crippen molar-refractivity contribution in [2.45, 2.75) is 51.9 Å². The number of aromatic nitrogens is 1. The zero-order chi connectivity index (χ0) is 20.0. The first-order valence-corrected chi connectivity index (χ1v) is 10.00. The summed E-state index contributed by atoms with van der Waals surface area (Å²) in [5, 5.41) is 0. The molecule has 0 saturated heterocycles. The SMILES string of the molecule is CCOC(=O)Cc1ccc(C#Cc2ccc3c(c2)C(CC)(CC)CCO3)nc1. The highest BCUT2D eigenvalue weighted by Gasteiger charge is 2.34. The van der Waals surface area contributed by atoms with Crippen LogP contribution in [0.25, 0.3) is 0 Å².